The highest BCUT2D eigenvalue weighted by Crippen LogP contribution is 2.39. The van der Waals surface area contributed by atoms with Crippen LogP contribution in [0, 0.1) is 6.92 Å². The first-order valence-corrected chi connectivity index (χ1v) is 15.9. The SMILES string of the molecule is COc1cccc2c1cc(C(=O)Nc1ccc(-c3nc(C4CCC(N5CCN(C)CC5)CC4)n4ccnc(C)c34)cc1O)n2C. The van der Waals surface area contributed by atoms with Crippen molar-refractivity contribution in [1.29, 1.82) is 0 Å². The zero-order valence-electron chi connectivity index (χ0n) is 26.5. The van der Waals surface area contributed by atoms with E-state index in [2.05, 4.69) is 31.5 Å². The minimum atomic E-state index is -0.319. The number of carbonyl (C=O) groups is 1. The summed E-state index contributed by atoms with van der Waals surface area (Å²) >= 11 is 0. The molecule has 3 aromatic heterocycles. The number of amides is 1. The Labute approximate surface area is 263 Å². The highest BCUT2D eigenvalue weighted by Gasteiger charge is 2.31. The lowest BCUT2D eigenvalue weighted by molar-refractivity contribution is 0.0872. The Morgan fingerprint density at radius 2 is 1.80 bits per heavy atom. The van der Waals surface area contributed by atoms with Gasteiger partial charge in [-0.1, -0.05) is 12.1 Å². The number of benzene rings is 2. The number of aromatic hydroxyl groups is 1. The molecule has 0 spiro atoms. The molecule has 2 aliphatic rings. The Morgan fingerprint density at radius 3 is 2.53 bits per heavy atom. The third-order valence-electron chi connectivity index (χ3n) is 9.90. The fourth-order valence-corrected chi connectivity index (χ4v) is 7.30. The average molecular weight is 608 g/mol. The van der Waals surface area contributed by atoms with E-state index in [4.69, 9.17) is 9.72 Å². The number of nitrogens with one attached hydrogen (secondary N) is 1. The fraction of sp³-hybridized carbons (Fsp3) is 0.400. The number of imidazole rings is 1. The van der Waals surface area contributed by atoms with E-state index in [0.29, 0.717) is 29.1 Å². The second kappa shape index (κ2) is 11.8. The number of rotatable bonds is 6. The molecular formula is C35H41N7O3. The van der Waals surface area contributed by atoms with E-state index < -0.39 is 0 Å². The summed E-state index contributed by atoms with van der Waals surface area (Å²) in [6.45, 7) is 6.61. The molecule has 10 heteroatoms. The number of anilines is 1. The van der Waals surface area contributed by atoms with Gasteiger partial charge in [-0.15, -0.1) is 0 Å². The predicted molar refractivity (Wildman–Crippen MR) is 176 cm³/mol. The van der Waals surface area contributed by atoms with E-state index in [-0.39, 0.29) is 11.7 Å². The second-order valence-corrected chi connectivity index (χ2v) is 12.6. The normalized spacial score (nSPS) is 19.7. The van der Waals surface area contributed by atoms with Gasteiger partial charge in [0.1, 0.15) is 23.0 Å². The van der Waals surface area contributed by atoms with Gasteiger partial charge in [-0.05, 0) is 70.0 Å². The molecule has 4 heterocycles. The van der Waals surface area contributed by atoms with Gasteiger partial charge in [0.25, 0.3) is 5.91 Å². The van der Waals surface area contributed by atoms with Crippen molar-refractivity contribution in [3.05, 3.63) is 72.1 Å². The summed E-state index contributed by atoms with van der Waals surface area (Å²) < 4.78 is 9.50. The van der Waals surface area contributed by atoms with E-state index in [1.54, 1.807) is 19.2 Å². The lowest BCUT2D eigenvalue weighted by Gasteiger charge is -2.41. The predicted octanol–water partition coefficient (Wildman–Crippen LogP) is 5.44. The van der Waals surface area contributed by atoms with Gasteiger partial charge in [0.15, 0.2) is 0 Å². The zero-order valence-corrected chi connectivity index (χ0v) is 26.5. The van der Waals surface area contributed by atoms with Gasteiger partial charge in [-0.2, -0.15) is 0 Å². The molecule has 7 rings (SSSR count). The highest BCUT2D eigenvalue weighted by molar-refractivity contribution is 6.08. The van der Waals surface area contributed by atoms with E-state index in [1.807, 2.05) is 61.3 Å². The third-order valence-corrected chi connectivity index (χ3v) is 9.90. The van der Waals surface area contributed by atoms with Crippen molar-refractivity contribution >= 4 is 28.0 Å². The van der Waals surface area contributed by atoms with Gasteiger partial charge >= 0.3 is 0 Å². The summed E-state index contributed by atoms with van der Waals surface area (Å²) in [6.07, 6.45) is 8.42. The molecule has 10 nitrogen and oxygen atoms in total. The topological polar surface area (TPSA) is 100 Å². The maximum atomic E-state index is 13.3. The number of aryl methyl sites for hydroxylation is 2. The van der Waals surface area contributed by atoms with Crippen molar-refractivity contribution in [1.82, 2.24) is 28.7 Å². The van der Waals surface area contributed by atoms with Crippen LogP contribution >= 0.6 is 0 Å². The second-order valence-electron chi connectivity index (χ2n) is 12.6. The van der Waals surface area contributed by atoms with E-state index in [1.165, 1.54) is 12.8 Å². The molecular weight excluding hydrogens is 566 g/mol. The van der Waals surface area contributed by atoms with Gasteiger partial charge < -0.3 is 24.6 Å². The molecule has 45 heavy (non-hydrogen) atoms. The van der Waals surface area contributed by atoms with Crippen LogP contribution in [-0.2, 0) is 7.05 Å². The molecule has 0 atom stereocenters. The van der Waals surface area contributed by atoms with Gasteiger partial charge in [0, 0.05) is 68.5 Å². The Balaban J connectivity index is 1.13. The summed E-state index contributed by atoms with van der Waals surface area (Å²) in [5.74, 6) is 1.79. The van der Waals surface area contributed by atoms with Crippen LogP contribution < -0.4 is 10.1 Å². The molecule has 234 valence electrons. The summed E-state index contributed by atoms with van der Waals surface area (Å²) in [5.41, 5.74) is 5.11. The minimum Gasteiger partial charge on any atom is -0.506 e. The molecule has 0 unspecified atom stereocenters. The van der Waals surface area contributed by atoms with Crippen molar-refractivity contribution in [2.75, 3.05) is 45.7 Å². The quantitative estimate of drug-likeness (QED) is 0.248. The molecule has 0 bridgehead atoms. The molecule has 2 aromatic carbocycles. The fourth-order valence-electron chi connectivity index (χ4n) is 7.30. The number of fused-ring (bicyclic) bond motifs is 2. The molecule has 5 aromatic rings. The lowest BCUT2D eigenvalue weighted by atomic mass is 9.84. The van der Waals surface area contributed by atoms with Crippen molar-refractivity contribution < 1.29 is 14.6 Å². The minimum absolute atomic E-state index is 0.0193. The molecule has 1 aliphatic carbocycles. The van der Waals surface area contributed by atoms with Crippen LogP contribution in [0.5, 0.6) is 11.5 Å². The Hall–Kier alpha value is -4.41. The highest BCUT2D eigenvalue weighted by atomic mass is 16.5. The van der Waals surface area contributed by atoms with Gasteiger partial charge in [-0.3, -0.25) is 19.1 Å². The van der Waals surface area contributed by atoms with Crippen LogP contribution in [-0.4, -0.2) is 86.1 Å². The number of aromatic nitrogens is 4. The van der Waals surface area contributed by atoms with Crippen LogP contribution in [0.1, 0.15) is 53.6 Å². The summed E-state index contributed by atoms with van der Waals surface area (Å²) in [4.78, 5) is 28.2. The Morgan fingerprint density at radius 1 is 1.02 bits per heavy atom. The number of ether oxygens (including phenoxy) is 1. The first-order valence-electron chi connectivity index (χ1n) is 15.9. The van der Waals surface area contributed by atoms with E-state index in [0.717, 1.165) is 78.2 Å². The van der Waals surface area contributed by atoms with Crippen LogP contribution in [0.4, 0.5) is 5.69 Å². The van der Waals surface area contributed by atoms with Crippen molar-refractivity contribution in [3.63, 3.8) is 0 Å². The number of hydrogen-bond acceptors (Lipinski definition) is 7. The molecule has 0 radical (unpaired) electrons. The standard InChI is InChI=1S/C35H41N7O3/c1-22-33-32(38-34(42(33)15-14-36-22)23-8-11-25(12-9-23)41-18-16-39(2)17-19-41)24-10-13-27(30(43)20-24)37-35(44)29-21-26-28(40(29)3)6-5-7-31(26)45-4/h5-7,10,13-15,20-21,23,25,43H,8-9,11-12,16-19H2,1-4H3,(H,37,44). The molecule has 2 N–H and O–H groups in total. The zero-order chi connectivity index (χ0) is 31.2. The lowest BCUT2D eigenvalue weighted by Crippen LogP contribution is -2.49. The first-order chi connectivity index (χ1) is 21.8. The maximum absolute atomic E-state index is 13.3. The van der Waals surface area contributed by atoms with E-state index >= 15 is 0 Å². The van der Waals surface area contributed by atoms with Crippen LogP contribution in [0.3, 0.4) is 0 Å². The van der Waals surface area contributed by atoms with Gasteiger partial charge in [0.05, 0.1) is 35.2 Å². The first kappa shape index (κ1) is 29.3. The molecule has 1 saturated heterocycles. The third kappa shape index (κ3) is 5.32. The van der Waals surface area contributed by atoms with Crippen LogP contribution in [0.25, 0.3) is 27.7 Å². The number of carbonyl (C=O) groups excluding carboxylic acids is 1. The summed E-state index contributed by atoms with van der Waals surface area (Å²) in [6, 6.07) is 13.5. The summed E-state index contributed by atoms with van der Waals surface area (Å²) in [5, 5.41) is 14.8. The number of piperazine rings is 1. The smallest absolute Gasteiger partial charge is 0.272 e. The van der Waals surface area contributed by atoms with Gasteiger partial charge in [-0.25, -0.2) is 4.98 Å². The number of phenols is 1. The van der Waals surface area contributed by atoms with Crippen LogP contribution in [0.2, 0.25) is 0 Å². The average Bonchev–Trinajstić information content (AvgIpc) is 3.62. The largest absolute Gasteiger partial charge is 0.506 e. The van der Waals surface area contributed by atoms with E-state index in [9.17, 15) is 9.90 Å². The molecule has 2 fully saturated rings. The number of likely N-dealkylation sites (N-methyl/N-ethyl adjacent to an activating group) is 1. The molecule has 1 amide bonds. The number of nitrogens with zero attached hydrogens (tertiary/aromatic N) is 6. The maximum Gasteiger partial charge on any atom is 0.272 e. The molecule has 1 saturated carbocycles. The Kier molecular flexibility index (Phi) is 7.71. The Bertz CT molecular complexity index is 1880. The van der Waals surface area contributed by atoms with Crippen LogP contribution in [0.15, 0.2) is 54.9 Å². The number of hydrogen-bond donors (Lipinski definition) is 2. The summed E-state index contributed by atoms with van der Waals surface area (Å²) in [7, 11) is 5.67. The van der Waals surface area contributed by atoms with Crippen molar-refractivity contribution in [3.8, 4) is 22.8 Å². The van der Waals surface area contributed by atoms with Crippen molar-refractivity contribution in [2.24, 2.45) is 7.05 Å². The number of methoxy groups -OCH3 is 1. The number of phenolic OH excluding ortho intramolecular Hbond substituents is 1. The monoisotopic (exact) mass is 607 g/mol. The van der Waals surface area contributed by atoms with Gasteiger partial charge in [0.2, 0.25) is 0 Å². The van der Waals surface area contributed by atoms with Crippen molar-refractivity contribution in [2.45, 2.75) is 44.6 Å². The molecule has 1 aliphatic heterocycles.